The number of aromatic nitrogens is 1. The molecule has 1 aromatic heterocycles. The SMILES string of the molecule is CC(c1ccccn1)N(C(=O)c1ccc(S(=O)(=O)N(C)c2ccccc2)cc1)C1CC1. The van der Waals surface area contributed by atoms with Crippen LogP contribution in [-0.4, -0.2) is 37.3 Å². The van der Waals surface area contributed by atoms with Crippen molar-refractivity contribution in [2.24, 2.45) is 0 Å². The lowest BCUT2D eigenvalue weighted by molar-refractivity contribution is 0.0670. The van der Waals surface area contributed by atoms with Crippen LogP contribution in [0.1, 0.15) is 41.9 Å². The highest BCUT2D eigenvalue weighted by Crippen LogP contribution is 2.35. The molecule has 1 unspecified atom stereocenters. The maximum Gasteiger partial charge on any atom is 0.264 e. The molecule has 1 fully saturated rings. The summed E-state index contributed by atoms with van der Waals surface area (Å²) < 4.78 is 27.2. The molecule has 7 heteroatoms. The van der Waals surface area contributed by atoms with Gasteiger partial charge < -0.3 is 4.90 Å². The smallest absolute Gasteiger partial charge is 0.264 e. The number of amides is 1. The van der Waals surface area contributed by atoms with Crippen LogP contribution in [0.4, 0.5) is 5.69 Å². The maximum absolute atomic E-state index is 13.3. The van der Waals surface area contributed by atoms with Gasteiger partial charge in [-0.05, 0) is 68.3 Å². The average molecular weight is 436 g/mol. The van der Waals surface area contributed by atoms with Gasteiger partial charge in [-0.3, -0.25) is 14.1 Å². The highest BCUT2D eigenvalue weighted by atomic mass is 32.2. The van der Waals surface area contributed by atoms with E-state index in [1.807, 2.05) is 36.1 Å². The van der Waals surface area contributed by atoms with Gasteiger partial charge in [-0.1, -0.05) is 24.3 Å². The first kappa shape index (κ1) is 21.1. The van der Waals surface area contributed by atoms with Crippen LogP contribution in [0.25, 0.3) is 0 Å². The van der Waals surface area contributed by atoms with E-state index in [1.165, 1.54) is 23.5 Å². The first-order chi connectivity index (χ1) is 14.9. The van der Waals surface area contributed by atoms with Crippen molar-refractivity contribution >= 4 is 21.6 Å². The quantitative estimate of drug-likeness (QED) is 0.556. The van der Waals surface area contributed by atoms with Gasteiger partial charge in [0, 0.05) is 24.8 Å². The molecule has 2 aromatic carbocycles. The minimum atomic E-state index is -3.72. The van der Waals surface area contributed by atoms with E-state index in [-0.39, 0.29) is 22.9 Å². The normalized spacial score (nSPS) is 14.6. The van der Waals surface area contributed by atoms with Gasteiger partial charge in [-0.15, -0.1) is 0 Å². The van der Waals surface area contributed by atoms with Gasteiger partial charge in [-0.25, -0.2) is 8.42 Å². The molecule has 1 aliphatic carbocycles. The number of anilines is 1. The second kappa shape index (κ2) is 8.51. The van der Waals surface area contributed by atoms with Gasteiger partial charge >= 0.3 is 0 Å². The Morgan fingerprint density at radius 1 is 0.968 bits per heavy atom. The van der Waals surface area contributed by atoms with E-state index in [0.717, 1.165) is 18.5 Å². The molecule has 1 atom stereocenters. The summed E-state index contributed by atoms with van der Waals surface area (Å²) in [4.78, 5) is 19.7. The van der Waals surface area contributed by atoms with Gasteiger partial charge in [0.1, 0.15) is 0 Å². The Labute approximate surface area is 183 Å². The van der Waals surface area contributed by atoms with Crippen molar-refractivity contribution in [3.05, 3.63) is 90.3 Å². The summed E-state index contributed by atoms with van der Waals surface area (Å²) in [6.07, 6.45) is 3.67. The molecule has 31 heavy (non-hydrogen) atoms. The molecule has 160 valence electrons. The first-order valence-corrected chi connectivity index (χ1v) is 11.7. The van der Waals surface area contributed by atoms with Crippen molar-refractivity contribution in [1.82, 2.24) is 9.88 Å². The molecule has 1 saturated carbocycles. The van der Waals surface area contributed by atoms with Gasteiger partial charge in [-0.2, -0.15) is 0 Å². The molecule has 4 rings (SSSR count). The van der Waals surface area contributed by atoms with E-state index >= 15 is 0 Å². The predicted molar refractivity (Wildman–Crippen MR) is 120 cm³/mol. The van der Waals surface area contributed by atoms with E-state index in [0.29, 0.717) is 11.3 Å². The van der Waals surface area contributed by atoms with Crippen LogP contribution < -0.4 is 4.31 Å². The van der Waals surface area contributed by atoms with Crippen molar-refractivity contribution in [3.8, 4) is 0 Å². The molecule has 0 aliphatic heterocycles. The van der Waals surface area contributed by atoms with Crippen molar-refractivity contribution < 1.29 is 13.2 Å². The van der Waals surface area contributed by atoms with E-state index < -0.39 is 10.0 Å². The Balaban J connectivity index is 1.57. The summed E-state index contributed by atoms with van der Waals surface area (Å²) in [5, 5.41) is 0. The highest BCUT2D eigenvalue weighted by Gasteiger charge is 2.37. The largest absolute Gasteiger partial charge is 0.327 e. The zero-order valence-corrected chi connectivity index (χ0v) is 18.4. The Morgan fingerprint density at radius 3 is 2.19 bits per heavy atom. The molecule has 0 spiro atoms. The van der Waals surface area contributed by atoms with Gasteiger partial charge in [0.05, 0.1) is 22.3 Å². The summed E-state index contributed by atoms with van der Waals surface area (Å²) in [5.41, 5.74) is 1.88. The molecule has 0 saturated heterocycles. The number of hydrogen-bond donors (Lipinski definition) is 0. The number of para-hydroxylation sites is 1. The molecule has 6 nitrogen and oxygen atoms in total. The third kappa shape index (κ3) is 4.32. The fourth-order valence-electron chi connectivity index (χ4n) is 3.63. The molecule has 3 aromatic rings. The number of carbonyl (C=O) groups excluding carboxylic acids is 1. The maximum atomic E-state index is 13.3. The number of benzene rings is 2. The van der Waals surface area contributed by atoms with E-state index in [2.05, 4.69) is 4.98 Å². The zero-order chi connectivity index (χ0) is 22.0. The molecule has 1 aliphatic rings. The average Bonchev–Trinajstić information content (AvgIpc) is 3.65. The fraction of sp³-hybridized carbons (Fsp3) is 0.250. The van der Waals surface area contributed by atoms with Crippen LogP contribution in [0, 0.1) is 0 Å². The topological polar surface area (TPSA) is 70.6 Å². The van der Waals surface area contributed by atoms with Crippen LogP contribution in [0.3, 0.4) is 0 Å². The molecule has 0 bridgehead atoms. The lowest BCUT2D eigenvalue weighted by Gasteiger charge is -2.29. The number of rotatable bonds is 7. The monoisotopic (exact) mass is 435 g/mol. The Bertz CT molecular complexity index is 1150. The second-order valence-corrected chi connectivity index (χ2v) is 9.68. The van der Waals surface area contributed by atoms with Gasteiger partial charge in [0.25, 0.3) is 15.9 Å². The van der Waals surface area contributed by atoms with Crippen molar-refractivity contribution in [1.29, 1.82) is 0 Å². The third-order valence-electron chi connectivity index (χ3n) is 5.59. The van der Waals surface area contributed by atoms with Crippen LogP contribution >= 0.6 is 0 Å². The highest BCUT2D eigenvalue weighted by molar-refractivity contribution is 7.92. The number of carbonyl (C=O) groups is 1. The summed E-state index contributed by atoms with van der Waals surface area (Å²) in [7, 11) is -2.20. The third-order valence-corrected chi connectivity index (χ3v) is 7.39. The molecular formula is C24H25N3O3S. The van der Waals surface area contributed by atoms with Crippen LogP contribution in [0.5, 0.6) is 0 Å². The Kier molecular flexibility index (Phi) is 5.78. The van der Waals surface area contributed by atoms with Crippen LogP contribution in [0.15, 0.2) is 83.9 Å². The summed E-state index contributed by atoms with van der Waals surface area (Å²) in [5.74, 6) is -0.110. The number of hydrogen-bond acceptors (Lipinski definition) is 4. The molecule has 0 N–H and O–H groups in total. The van der Waals surface area contributed by atoms with Crippen molar-refractivity contribution in [3.63, 3.8) is 0 Å². The molecular weight excluding hydrogens is 410 g/mol. The number of sulfonamides is 1. The molecule has 1 amide bonds. The zero-order valence-electron chi connectivity index (χ0n) is 17.5. The number of pyridine rings is 1. The van der Waals surface area contributed by atoms with E-state index in [1.54, 1.807) is 42.6 Å². The van der Waals surface area contributed by atoms with Crippen LogP contribution in [0.2, 0.25) is 0 Å². The Morgan fingerprint density at radius 2 is 1.61 bits per heavy atom. The summed E-state index contributed by atoms with van der Waals surface area (Å²) >= 11 is 0. The van der Waals surface area contributed by atoms with E-state index in [9.17, 15) is 13.2 Å². The lowest BCUT2D eigenvalue weighted by atomic mass is 10.1. The predicted octanol–water partition coefficient (Wildman–Crippen LogP) is 4.27. The van der Waals surface area contributed by atoms with Crippen molar-refractivity contribution in [2.75, 3.05) is 11.4 Å². The first-order valence-electron chi connectivity index (χ1n) is 10.3. The lowest BCUT2D eigenvalue weighted by Crippen LogP contribution is -2.36. The van der Waals surface area contributed by atoms with E-state index in [4.69, 9.17) is 0 Å². The standard InChI is InChI=1S/C24H25N3O3S/c1-18(23-10-6-7-17-25-23)27(21-13-14-21)24(28)19-11-15-22(16-12-19)31(29,30)26(2)20-8-4-3-5-9-20/h3-12,15-18,21H,13-14H2,1-2H3. The minimum absolute atomic E-state index is 0.110. The van der Waals surface area contributed by atoms with Crippen LogP contribution in [-0.2, 0) is 10.0 Å². The molecule has 0 radical (unpaired) electrons. The van der Waals surface area contributed by atoms with Gasteiger partial charge in [0.2, 0.25) is 0 Å². The Hall–Kier alpha value is -3.19. The minimum Gasteiger partial charge on any atom is -0.327 e. The summed E-state index contributed by atoms with van der Waals surface area (Å²) in [6.45, 7) is 1.98. The fourth-order valence-corrected chi connectivity index (χ4v) is 4.83. The van der Waals surface area contributed by atoms with Gasteiger partial charge in [0.15, 0.2) is 0 Å². The van der Waals surface area contributed by atoms with Crippen molar-refractivity contribution in [2.45, 2.75) is 36.7 Å². The molecule has 1 heterocycles. The second-order valence-electron chi connectivity index (χ2n) is 7.71. The summed E-state index contributed by atoms with van der Waals surface area (Å²) in [6, 6.07) is 20.8. The number of nitrogens with zero attached hydrogens (tertiary/aromatic N) is 3.